The van der Waals surface area contributed by atoms with Crippen LogP contribution in [-0.4, -0.2) is 59.8 Å². The first kappa shape index (κ1) is 16.4. The van der Waals surface area contributed by atoms with Crippen LogP contribution in [0.15, 0.2) is 6.20 Å². The van der Waals surface area contributed by atoms with E-state index >= 15 is 0 Å². The van der Waals surface area contributed by atoms with Crippen molar-refractivity contribution in [2.45, 2.75) is 18.1 Å². The normalized spacial score (nSPS) is 27.2. The van der Waals surface area contributed by atoms with Crippen LogP contribution in [0.5, 0.6) is 0 Å². The first-order valence-corrected chi connectivity index (χ1v) is 9.14. The molecular formula is C13H18F3N3OS2. The minimum atomic E-state index is -4.32. The van der Waals surface area contributed by atoms with Gasteiger partial charge in [0, 0.05) is 30.9 Å². The fraction of sp³-hybridized carbons (Fsp3) is 0.769. The van der Waals surface area contributed by atoms with Gasteiger partial charge >= 0.3 is 6.18 Å². The van der Waals surface area contributed by atoms with E-state index in [1.807, 2.05) is 11.8 Å². The van der Waals surface area contributed by atoms with E-state index in [9.17, 15) is 13.2 Å². The zero-order chi connectivity index (χ0) is 15.6. The lowest BCUT2D eigenvalue weighted by Gasteiger charge is -2.43. The highest BCUT2D eigenvalue weighted by atomic mass is 32.2. The van der Waals surface area contributed by atoms with Crippen LogP contribution < -0.4 is 5.32 Å². The van der Waals surface area contributed by atoms with Gasteiger partial charge in [-0.05, 0) is 12.2 Å². The van der Waals surface area contributed by atoms with E-state index in [0.717, 1.165) is 50.4 Å². The molecule has 2 saturated heterocycles. The number of alkyl halides is 3. The number of nitrogens with one attached hydrogen (secondary N) is 1. The number of nitrogens with zero attached hydrogens (tertiary/aromatic N) is 2. The molecule has 4 nitrogen and oxygen atoms in total. The van der Waals surface area contributed by atoms with E-state index in [2.05, 4.69) is 15.2 Å². The summed E-state index contributed by atoms with van der Waals surface area (Å²) in [5, 5.41) is 3.47. The quantitative estimate of drug-likeness (QED) is 0.901. The van der Waals surface area contributed by atoms with Crippen molar-refractivity contribution in [1.29, 1.82) is 0 Å². The minimum absolute atomic E-state index is 0.00148. The molecule has 3 heterocycles. The second-order valence-corrected chi connectivity index (χ2v) is 7.64. The molecule has 0 amide bonds. The molecule has 1 aromatic rings. The smallest absolute Gasteiger partial charge is 0.379 e. The SMILES string of the molecule is FC(F)(F)c1cnc(NCC2(N3CCOCC3)CCSC2)s1. The average molecular weight is 353 g/mol. The molecule has 1 aromatic heterocycles. The summed E-state index contributed by atoms with van der Waals surface area (Å²) in [5.41, 5.74) is -0.00148. The lowest BCUT2D eigenvalue weighted by molar-refractivity contribution is -0.134. The number of thioether (sulfide) groups is 1. The summed E-state index contributed by atoms with van der Waals surface area (Å²) in [4.78, 5) is 5.62. The van der Waals surface area contributed by atoms with Gasteiger partial charge in [0.2, 0.25) is 0 Å². The number of aromatic nitrogens is 1. The van der Waals surface area contributed by atoms with Crippen LogP contribution in [0.2, 0.25) is 0 Å². The molecule has 2 fully saturated rings. The van der Waals surface area contributed by atoms with E-state index in [1.165, 1.54) is 0 Å². The number of hydrogen-bond donors (Lipinski definition) is 1. The van der Waals surface area contributed by atoms with Crippen molar-refractivity contribution in [2.75, 3.05) is 49.7 Å². The van der Waals surface area contributed by atoms with Crippen molar-refractivity contribution in [3.63, 3.8) is 0 Å². The minimum Gasteiger partial charge on any atom is -0.379 e. The summed E-state index contributed by atoms with van der Waals surface area (Å²) in [6, 6.07) is 0. The molecule has 0 aromatic carbocycles. The van der Waals surface area contributed by atoms with Gasteiger partial charge in [-0.15, -0.1) is 0 Å². The number of halogens is 3. The molecular weight excluding hydrogens is 335 g/mol. The van der Waals surface area contributed by atoms with Crippen LogP contribution in [0.25, 0.3) is 0 Å². The maximum absolute atomic E-state index is 12.6. The maximum Gasteiger partial charge on any atom is 0.427 e. The first-order valence-electron chi connectivity index (χ1n) is 7.17. The number of anilines is 1. The van der Waals surface area contributed by atoms with Gasteiger partial charge in [-0.3, -0.25) is 4.90 Å². The molecule has 1 unspecified atom stereocenters. The van der Waals surface area contributed by atoms with Crippen molar-refractivity contribution in [1.82, 2.24) is 9.88 Å². The monoisotopic (exact) mass is 353 g/mol. The molecule has 0 bridgehead atoms. The number of morpholine rings is 1. The summed E-state index contributed by atoms with van der Waals surface area (Å²) >= 11 is 2.57. The van der Waals surface area contributed by atoms with E-state index in [0.29, 0.717) is 23.0 Å². The zero-order valence-corrected chi connectivity index (χ0v) is 13.6. The maximum atomic E-state index is 12.6. The summed E-state index contributed by atoms with van der Waals surface area (Å²) in [7, 11) is 0. The lowest BCUT2D eigenvalue weighted by atomic mass is 9.95. The van der Waals surface area contributed by atoms with E-state index < -0.39 is 11.1 Å². The Morgan fingerprint density at radius 2 is 2.14 bits per heavy atom. The fourth-order valence-corrected chi connectivity index (χ4v) is 5.02. The van der Waals surface area contributed by atoms with E-state index in [1.54, 1.807) is 0 Å². The standard InChI is InChI=1S/C13H18F3N3OS2/c14-13(15,16)10-7-17-11(22-10)18-8-12(1-6-21-9-12)19-2-4-20-5-3-19/h7H,1-6,8-9H2,(H,17,18). The predicted octanol–water partition coefficient (Wildman–Crippen LogP) is 2.78. The van der Waals surface area contributed by atoms with Crippen molar-refractivity contribution < 1.29 is 17.9 Å². The molecule has 2 aliphatic heterocycles. The molecule has 124 valence electrons. The Kier molecular flexibility index (Phi) is 4.86. The van der Waals surface area contributed by atoms with Crippen LogP contribution in [0.1, 0.15) is 11.3 Å². The fourth-order valence-electron chi connectivity index (χ4n) is 2.86. The average Bonchev–Trinajstić information content (AvgIpc) is 3.16. The van der Waals surface area contributed by atoms with Crippen molar-refractivity contribution >= 4 is 28.2 Å². The Morgan fingerprint density at radius 3 is 2.73 bits per heavy atom. The largest absolute Gasteiger partial charge is 0.427 e. The predicted molar refractivity (Wildman–Crippen MR) is 82.7 cm³/mol. The molecule has 3 rings (SSSR count). The van der Waals surface area contributed by atoms with Crippen LogP contribution in [0, 0.1) is 0 Å². The van der Waals surface area contributed by atoms with Gasteiger partial charge in [0.05, 0.1) is 19.4 Å². The Bertz CT molecular complexity index is 497. The summed E-state index contributed by atoms with van der Waals surface area (Å²) < 4.78 is 43.3. The number of ether oxygens (including phenoxy) is 1. The van der Waals surface area contributed by atoms with Gasteiger partial charge in [0.25, 0.3) is 0 Å². The molecule has 0 radical (unpaired) electrons. The molecule has 1 N–H and O–H groups in total. The summed E-state index contributed by atoms with van der Waals surface area (Å²) in [6.45, 7) is 3.84. The Balaban J connectivity index is 1.65. The summed E-state index contributed by atoms with van der Waals surface area (Å²) in [5.74, 6) is 2.09. The number of rotatable bonds is 4. The van der Waals surface area contributed by atoms with E-state index in [-0.39, 0.29) is 5.54 Å². The Morgan fingerprint density at radius 1 is 1.36 bits per heavy atom. The molecule has 9 heteroatoms. The Hall–Kier alpha value is -0.510. The van der Waals surface area contributed by atoms with Crippen LogP contribution >= 0.6 is 23.1 Å². The highest BCUT2D eigenvalue weighted by Gasteiger charge is 2.41. The highest BCUT2D eigenvalue weighted by molar-refractivity contribution is 7.99. The topological polar surface area (TPSA) is 37.4 Å². The molecule has 0 spiro atoms. The third-order valence-corrected chi connectivity index (χ3v) is 6.35. The van der Waals surface area contributed by atoms with Crippen molar-refractivity contribution in [3.05, 3.63) is 11.1 Å². The van der Waals surface area contributed by atoms with Gasteiger partial charge in [0.1, 0.15) is 4.88 Å². The van der Waals surface area contributed by atoms with Gasteiger partial charge in [-0.25, -0.2) is 4.98 Å². The van der Waals surface area contributed by atoms with Gasteiger partial charge in [-0.1, -0.05) is 11.3 Å². The molecule has 2 aliphatic rings. The third kappa shape index (κ3) is 3.52. The van der Waals surface area contributed by atoms with Crippen LogP contribution in [-0.2, 0) is 10.9 Å². The first-order chi connectivity index (χ1) is 10.5. The molecule has 0 saturated carbocycles. The van der Waals surface area contributed by atoms with Crippen molar-refractivity contribution in [2.24, 2.45) is 0 Å². The number of hydrogen-bond acceptors (Lipinski definition) is 6. The van der Waals surface area contributed by atoms with Crippen LogP contribution in [0.3, 0.4) is 0 Å². The van der Waals surface area contributed by atoms with Crippen LogP contribution in [0.4, 0.5) is 18.3 Å². The van der Waals surface area contributed by atoms with Gasteiger partial charge in [-0.2, -0.15) is 24.9 Å². The lowest BCUT2D eigenvalue weighted by Crippen LogP contribution is -2.57. The molecule has 0 aliphatic carbocycles. The van der Waals surface area contributed by atoms with Gasteiger partial charge < -0.3 is 10.1 Å². The zero-order valence-electron chi connectivity index (χ0n) is 12.0. The number of thiazole rings is 1. The van der Waals surface area contributed by atoms with E-state index in [4.69, 9.17) is 4.74 Å². The van der Waals surface area contributed by atoms with Gasteiger partial charge in [0.15, 0.2) is 5.13 Å². The Labute approximate surface area is 135 Å². The molecule has 1 atom stereocenters. The van der Waals surface area contributed by atoms with Crippen molar-refractivity contribution in [3.8, 4) is 0 Å². The third-order valence-electron chi connectivity index (χ3n) is 4.12. The summed E-state index contributed by atoms with van der Waals surface area (Å²) in [6.07, 6.45) is -2.37. The second-order valence-electron chi connectivity index (χ2n) is 5.51. The molecule has 22 heavy (non-hydrogen) atoms. The second kappa shape index (κ2) is 6.54. The highest BCUT2D eigenvalue weighted by Crippen LogP contribution is 2.37.